The van der Waals surface area contributed by atoms with Crippen LogP contribution in [-0.2, 0) is 33.2 Å². The van der Waals surface area contributed by atoms with E-state index in [1.165, 1.54) is 6.92 Å². The van der Waals surface area contributed by atoms with Crippen LogP contribution < -0.4 is 0 Å². The molecule has 65 heavy (non-hydrogen) atoms. The molecular weight excluding hydrogens is 849 g/mol. The molecule has 9 rings (SSSR count). The molecule has 9 aliphatic rings. The first-order valence-corrected chi connectivity index (χ1v) is 24.3. The first kappa shape index (κ1) is 49.1. The Kier molecular flexibility index (Phi) is 12.5. The smallest absolute Gasteiger partial charge is 0.187 e. The lowest BCUT2D eigenvalue weighted by atomic mass is 9.32. The van der Waals surface area contributed by atoms with E-state index < -0.39 is 122 Å². The van der Waals surface area contributed by atoms with Gasteiger partial charge in [0.1, 0.15) is 61.0 Å². The zero-order valence-electron chi connectivity index (χ0n) is 39.3. The van der Waals surface area contributed by atoms with E-state index in [4.69, 9.17) is 33.2 Å². The lowest BCUT2D eigenvalue weighted by molar-refractivity contribution is -0.382. The SMILES string of the molecule is CC1OC(OC2C(CO)OC(OC3C(O)C(C)OC(OC4CCC5(C)C(CCC6(C)C5C=CC57OCC8(CCC(C)(C)CC85)C(O)CC67C)C4(C)CO)C3O)C(O)C2O)C(O)C(O)C1O. The van der Waals surface area contributed by atoms with Gasteiger partial charge in [-0.1, -0.05) is 53.7 Å². The summed E-state index contributed by atoms with van der Waals surface area (Å²) in [5.74, 6) is 0.340. The van der Waals surface area contributed by atoms with Gasteiger partial charge in [-0.3, -0.25) is 0 Å². The van der Waals surface area contributed by atoms with Gasteiger partial charge in [0.2, 0.25) is 0 Å². The summed E-state index contributed by atoms with van der Waals surface area (Å²) in [7, 11) is 0. The molecule has 17 heteroatoms. The summed E-state index contributed by atoms with van der Waals surface area (Å²) in [5, 5.41) is 110. The Morgan fingerprint density at radius 1 is 0.615 bits per heavy atom. The summed E-state index contributed by atoms with van der Waals surface area (Å²) < 4.78 is 43.1. The van der Waals surface area contributed by atoms with Crippen molar-refractivity contribution < 1.29 is 84.2 Å². The number of hydrogen-bond donors (Lipinski definition) is 10. The van der Waals surface area contributed by atoms with Gasteiger partial charge < -0.3 is 84.2 Å². The summed E-state index contributed by atoms with van der Waals surface area (Å²) in [6.07, 6.45) is -11.9. The van der Waals surface area contributed by atoms with E-state index in [0.29, 0.717) is 19.4 Å². The van der Waals surface area contributed by atoms with Crippen molar-refractivity contribution >= 4 is 0 Å². The molecule has 0 amide bonds. The van der Waals surface area contributed by atoms with Crippen LogP contribution in [0.3, 0.4) is 0 Å². The molecule has 1 spiro atoms. The number of fused-ring (bicyclic) bond motifs is 4. The van der Waals surface area contributed by atoms with E-state index in [1.807, 2.05) is 6.92 Å². The van der Waals surface area contributed by atoms with Gasteiger partial charge in [0.05, 0.1) is 49.8 Å². The van der Waals surface area contributed by atoms with Crippen LogP contribution in [0.1, 0.15) is 107 Å². The summed E-state index contributed by atoms with van der Waals surface area (Å²) in [4.78, 5) is 0. The Labute approximate surface area is 382 Å². The van der Waals surface area contributed by atoms with Crippen LogP contribution in [0.5, 0.6) is 0 Å². The van der Waals surface area contributed by atoms with E-state index in [9.17, 15) is 51.1 Å². The number of hydrogen-bond acceptors (Lipinski definition) is 17. The highest BCUT2D eigenvalue weighted by atomic mass is 16.8. The van der Waals surface area contributed by atoms with E-state index in [2.05, 4.69) is 46.8 Å². The molecule has 4 aliphatic heterocycles. The average Bonchev–Trinajstić information content (AvgIpc) is 3.54. The molecule has 26 atom stereocenters. The molecule has 17 nitrogen and oxygen atoms in total. The van der Waals surface area contributed by atoms with Crippen LogP contribution in [0, 0.1) is 50.2 Å². The van der Waals surface area contributed by atoms with Gasteiger partial charge in [0.15, 0.2) is 18.9 Å². The fourth-order valence-corrected chi connectivity index (χ4v) is 15.7. The van der Waals surface area contributed by atoms with Crippen molar-refractivity contribution in [1.82, 2.24) is 0 Å². The molecule has 0 radical (unpaired) electrons. The summed E-state index contributed by atoms with van der Waals surface area (Å²) >= 11 is 0. The largest absolute Gasteiger partial charge is 0.396 e. The van der Waals surface area contributed by atoms with Crippen LogP contribution in [0.25, 0.3) is 0 Å². The molecule has 4 saturated carbocycles. The van der Waals surface area contributed by atoms with E-state index in [0.717, 1.165) is 38.5 Å². The molecular formula is C48H78O17. The predicted molar refractivity (Wildman–Crippen MR) is 228 cm³/mol. The molecule has 0 aromatic rings. The van der Waals surface area contributed by atoms with Crippen LogP contribution in [0.15, 0.2) is 12.2 Å². The fraction of sp³-hybridized carbons (Fsp3) is 0.958. The van der Waals surface area contributed by atoms with Gasteiger partial charge in [-0.15, -0.1) is 0 Å². The maximum absolute atomic E-state index is 12.2. The zero-order chi connectivity index (χ0) is 47.2. The van der Waals surface area contributed by atoms with Crippen molar-refractivity contribution in [2.75, 3.05) is 19.8 Å². The maximum atomic E-state index is 12.2. The van der Waals surface area contributed by atoms with Gasteiger partial charge in [-0.25, -0.2) is 0 Å². The first-order chi connectivity index (χ1) is 30.4. The standard InChI is InChI=1S/C48H78O17/c1-22-30(52)32(54)34(56)39(60-22)64-37-24(19-49)62-40(35(57)33(37)55)65-38-31(53)23(2)61-41(36(38)58)63-29-11-12-43(5)25(44(29,6)20-50)9-13-45(7)26(43)10-14-48-27-17-42(3,4)15-16-47(27,21-59-48)28(51)18-46(45,48)8/h10,14,22-41,49-58H,9,11-13,15-21H2,1-8H3. The molecule has 4 heterocycles. The van der Waals surface area contributed by atoms with Gasteiger partial charge >= 0.3 is 0 Å². The molecule has 0 aromatic heterocycles. The van der Waals surface area contributed by atoms with Crippen molar-refractivity contribution in [2.45, 2.75) is 217 Å². The van der Waals surface area contributed by atoms with Gasteiger partial charge in [0.25, 0.3) is 0 Å². The molecule has 372 valence electrons. The number of aliphatic hydroxyl groups excluding tert-OH is 10. The van der Waals surface area contributed by atoms with Crippen LogP contribution >= 0.6 is 0 Å². The van der Waals surface area contributed by atoms with E-state index in [-0.39, 0.29) is 51.4 Å². The lowest BCUT2D eigenvalue weighted by Crippen LogP contribution is -2.72. The van der Waals surface area contributed by atoms with Crippen LogP contribution in [-0.4, -0.2) is 181 Å². The molecule has 10 N–H and O–H groups in total. The van der Waals surface area contributed by atoms with Crippen molar-refractivity contribution in [3.63, 3.8) is 0 Å². The maximum Gasteiger partial charge on any atom is 0.187 e. The normalized spacial score (nSPS) is 59.5. The van der Waals surface area contributed by atoms with Crippen LogP contribution in [0.4, 0.5) is 0 Å². The Balaban J connectivity index is 0.916. The third-order valence-electron chi connectivity index (χ3n) is 20.0. The Morgan fingerprint density at radius 2 is 1.25 bits per heavy atom. The Bertz CT molecular complexity index is 1790. The van der Waals surface area contributed by atoms with Gasteiger partial charge in [0, 0.05) is 22.2 Å². The van der Waals surface area contributed by atoms with Gasteiger partial charge in [-0.05, 0) is 93.3 Å². The highest BCUT2D eigenvalue weighted by Crippen LogP contribution is 2.79. The highest BCUT2D eigenvalue weighted by Gasteiger charge is 2.79. The van der Waals surface area contributed by atoms with Gasteiger partial charge in [-0.2, -0.15) is 0 Å². The Hall–Kier alpha value is -0.940. The zero-order valence-corrected chi connectivity index (χ0v) is 39.3. The minimum atomic E-state index is -1.86. The third kappa shape index (κ3) is 6.94. The first-order valence-electron chi connectivity index (χ1n) is 24.3. The van der Waals surface area contributed by atoms with Crippen molar-refractivity contribution in [2.24, 2.45) is 50.2 Å². The number of allylic oxidation sites excluding steroid dienone is 1. The topological polar surface area (TPSA) is 267 Å². The molecule has 0 aromatic carbocycles. The number of ether oxygens (including phenoxy) is 7. The fourth-order valence-electron chi connectivity index (χ4n) is 15.7. The highest BCUT2D eigenvalue weighted by molar-refractivity contribution is 5.36. The van der Waals surface area contributed by atoms with E-state index >= 15 is 0 Å². The predicted octanol–water partition coefficient (Wildman–Crippen LogP) is 0.629. The molecule has 5 aliphatic carbocycles. The minimum absolute atomic E-state index is 0.00449. The summed E-state index contributed by atoms with van der Waals surface area (Å²) in [5.41, 5.74) is -2.15. The third-order valence-corrected chi connectivity index (χ3v) is 20.0. The monoisotopic (exact) mass is 927 g/mol. The second kappa shape index (κ2) is 16.6. The van der Waals surface area contributed by atoms with Crippen LogP contribution in [0.2, 0.25) is 0 Å². The summed E-state index contributed by atoms with van der Waals surface area (Å²) in [6.45, 7) is 16.6. The molecule has 2 bridgehead atoms. The number of aliphatic hydroxyl groups is 10. The average molecular weight is 927 g/mol. The second-order valence-electron chi connectivity index (χ2n) is 23.7. The molecule has 8 fully saturated rings. The minimum Gasteiger partial charge on any atom is -0.396 e. The molecule has 4 saturated heterocycles. The summed E-state index contributed by atoms with van der Waals surface area (Å²) in [6, 6.07) is 0. The second-order valence-corrected chi connectivity index (χ2v) is 23.7. The number of rotatable bonds is 8. The van der Waals surface area contributed by atoms with Crippen molar-refractivity contribution in [1.29, 1.82) is 0 Å². The molecule has 26 unspecified atom stereocenters. The van der Waals surface area contributed by atoms with Crippen molar-refractivity contribution in [3.05, 3.63) is 12.2 Å². The Morgan fingerprint density at radius 3 is 1.92 bits per heavy atom. The lowest BCUT2D eigenvalue weighted by Gasteiger charge is -2.73. The van der Waals surface area contributed by atoms with E-state index in [1.54, 1.807) is 6.92 Å². The quantitative estimate of drug-likeness (QED) is 0.118. The van der Waals surface area contributed by atoms with Crippen molar-refractivity contribution in [3.8, 4) is 0 Å².